The van der Waals surface area contributed by atoms with Crippen molar-refractivity contribution in [1.82, 2.24) is 0 Å². The summed E-state index contributed by atoms with van der Waals surface area (Å²) < 4.78 is 10.1. The van der Waals surface area contributed by atoms with E-state index in [4.69, 9.17) is 14.9 Å². The van der Waals surface area contributed by atoms with Gasteiger partial charge in [-0.3, -0.25) is 10.1 Å². The van der Waals surface area contributed by atoms with Crippen LogP contribution in [0.2, 0.25) is 0 Å². The van der Waals surface area contributed by atoms with E-state index < -0.39 is 10.9 Å². The Morgan fingerprint density at radius 2 is 2.19 bits per heavy atom. The topological polar surface area (TPSA) is 109 Å². The van der Waals surface area contributed by atoms with Gasteiger partial charge in [0.15, 0.2) is 5.76 Å². The van der Waals surface area contributed by atoms with Crippen molar-refractivity contribution in [1.29, 1.82) is 0 Å². The molecular formula is C13H14N2O5S. The maximum Gasteiger partial charge on any atom is 0.433 e. The van der Waals surface area contributed by atoms with Crippen molar-refractivity contribution >= 4 is 28.9 Å². The first-order valence-electron chi connectivity index (χ1n) is 6.32. The molecule has 0 fully saturated rings. The number of anilines is 1. The van der Waals surface area contributed by atoms with Gasteiger partial charge in [-0.15, -0.1) is 11.3 Å². The highest BCUT2D eigenvalue weighted by Gasteiger charge is 2.24. The number of furan rings is 1. The normalized spacial score (nSPS) is 10.6. The molecule has 0 bridgehead atoms. The van der Waals surface area contributed by atoms with Crippen LogP contribution >= 0.6 is 11.3 Å². The predicted octanol–water partition coefficient (Wildman–Crippen LogP) is 3.24. The van der Waals surface area contributed by atoms with E-state index in [1.807, 2.05) is 6.92 Å². The number of ether oxygens (including phenoxy) is 1. The molecule has 8 heteroatoms. The molecule has 2 aromatic heterocycles. The zero-order valence-corrected chi connectivity index (χ0v) is 12.4. The van der Waals surface area contributed by atoms with E-state index >= 15 is 0 Å². The molecular weight excluding hydrogens is 296 g/mol. The van der Waals surface area contributed by atoms with E-state index in [9.17, 15) is 14.9 Å². The van der Waals surface area contributed by atoms with Crippen LogP contribution in [0.5, 0.6) is 0 Å². The highest BCUT2D eigenvalue weighted by atomic mass is 32.1. The van der Waals surface area contributed by atoms with Crippen molar-refractivity contribution in [2.45, 2.75) is 20.3 Å². The van der Waals surface area contributed by atoms with E-state index in [2.05, 4.69) is 0 Å². The molecule has 112 valence electrons. The zero-order valence-electron chi connectivity index (χ0n) is 11.5. The van der Waals surface area contributed by atoms with Crippen LogP contribution in [0.15, 0.2) is 16.5 Å². The number of nitrogens with zero attached hydrogens (tertiary/aromatic N) is 1. The molecule has 2 heterocycles. The van der Waals surface area contributed by atoms with Crippen LogP contribution < -0.4 is 5.73 Å². The largest absolute Gasteiger partial charge is 0.462 e. The van der Waals surface area contributed by atoms with Crippen LogP contribution in [0.25, 0.3) is 10.6 Å². The number of esters is 1. The van der Waals surface area contributed by atoms with Crippen molar-refractivity contribution < 1.29 is 18.9 Å². The molecule has 2 rings (SSSR count). The van der Waals surface area contributed by atoms with Crippen molar-refractivity contribution in [3.05, 3.63) is 32.7 Å². The van der Waals surface area contributed by atoms with Gasteiger partial charge in [0.05, 0.1) is 23.2 Å². The monoisotopic (exact) mass is 310 g/mol. The number of hydrogen-bond acceptors (Lipinski definition) is 7. The highest BCUT2D eigenvalue weighted by molar-refractivity contribution is 7.18. The molecule has 2 aromatic rings. The smallest absolute Gasteiger partial charge is 0.433 e. The lowest BCUT2D eigenvalue weighted by atomic mass is 10.1. The van der Waals surface area contributed by atoms with Gasteiger partial charge < -0.3 is 14.9 Å². The average Bonchev–Trinajstić information content (AvgIpc) is 3.03. The van der Waals surface area contributed by atoms with E-state index in [1.54, 1.807) is 6.92 Å². The van der Waals surface area contributed by atoms with E-state index in [0.717, 1.165) is 16.9 Å². The number of carbonyl (C=O) groups is 1. The molecule has 7 nitrogen and oxygen atoms in total. The molecule has 0 radical (unpaired) electrons. The second-order valence-corrected chi connectivity index (χ2v) is 5.14. The minimum absolute atomic E-state index is 0.249. The van der Waals surface area contributed by atoms with E-state index in [-0.39, 0.29) is 12.5 Å². The van der Waals surface area contributed by atoms with Gasteiger partial charge in [-0.2, -0.15) is 0 Å². The van der Waals surface area contributed by atoms with E-state index in [1.165, 1.54) is 12.1 Å². The first kappa shape index (κ1) is 15.0. The lowest BCUT2D eigenvalue weighted by Gasteiger charge is -2.00. The lowest BCUT2D eigenvalue weighted by Crippen LogP contribution is -2.05. The van der Waals surface area contributed by atoms with Crippen molar-refractivity contribution in [2.24, 2.45) is 0 Å². The molecule has 0 aliphatic carbocycles. The molecule has 0 saturated carbocycles. The van der Waals surface area contributed by atoms with Gasteiger partial charge in [0, 0.05) is 0 Å². The summed E-state index contributed by atoms with van der Waals surface area (Å²) in [4.78, 5) is 22.8. The summed E-state index contributed by atoms with van der Waals surface area (Å²) in [7, 11) is 0. The third-order valence-corrected chi connectivity index (χ3v) is 4.10. The van der Waals surface area contributed by atoms with Crippen molar-refractivity contribution in [3.8, 4) is 10.6 Å². The SMILES string of the molecule is CCOC(=O)c1sc(-c2ccc([N+](=O)[O-])o2)c(CC)c1N. The number of hydrogen-bond donors (Lipinski definition) is 1. The summed E-state index contributed by atoms with van der Waals surface area (Å²) in [5, 5.41) is 10.7. The van der Waals surface area contributed by atoms with Crippen LogP contribution in [0.1, 0.15) is 29.1 Å². The Hall–Kier alpha value is -2.35. The lowest BCUT2D eigenvalue weighted by molar-refractivity contribution is -0.401. The van der Waals surface area contributed by atoms with Crippen LogP contribution in [-0.4, -0.2) is 17.5 Å². The van der Waals surface area contributed by atoms with Crippen molar-refractivity contribution in [2.75, 3.05) is 12.3 Å². The summed E-state index contributed by atoms with van der Waals surface area (Å²) in [6.07, 6.45) is 0.575. The minimum Gasteiger partial charge on any atom is -0.462 e. The Balaban J connectivity index is 2.50. The number of carbonyl (C=O) groups excluding carboxylic acids is 1. The summed E-state index contributed by atoms with van der Waals surface area (Å²) in [6.45, 7) is 3.84. The zero-order chi connectivity index (χ0) is 15.6. The molecule has 0 aliphatic rings. The molecule has 0 amide bonds. The van der Waals surface area contributed by atoms with Crippen molar-refractivity contribution in [3.63, 3.8) is 0 Å². The molecule has 2 N–H and O–H groups in total. The Bertz CT molecular complexity index is 689. The number of nitrogen functional groups attached to an aromatic ring is 1. The summed E-state index contributed by atoms with van der Waals surface area (Å²) >= 11 is 1.12. The quantitative estimate of drug-likeness (QED) is 0.516. The van der Waals surface area contributed by atoms with Crippen LogP contribution in [0.4, 0.5) is 11.6 Å². The molecule has 0 aliphatic heterocycles. The maximum atomic E-state index is 11.9. The average molecular weight is 310 g/mol. The Labute approximate surface area is 124 Å². The van der Waals surface area contributed by atoms with Gasteiger partial charge in [0.1, 0.15) is 9.80 Å². The Morgan fingerprint density at radius 1 is 1.48 bits per heavy atom. The van der Waals surface area contributed by atoms with Gasteiger partial charge in [-0.1, -0.05) is 6.92 Å². The van der Waals surface area contributed by atoms with E-state index in [0.29, 0.717) is 27.6 Å². The second kappa shape index (κ2) is 5.96. The number of thiophene rings is 1. The van der Waals surface area contributed by atoms with Gasteiger partial charge in [-0.05, 0) is 25.0 Å². The Kier molecular flexibility index (Phi) is 4.27. The molecule has 0 atom stereocenters. The fourth-order valence-corrected chi connectivity index (χ4v) is 3.09. The first-order valence-corrected chi connectivity index (χ1v) is 7.14. The number of nitro groups is 1. The third-order valence-electron chi connectivity index (χ3n) is 2.86. The fourth-order valence-electron chi connectivity index (χ4n) is 1.92. The fraction of sp³-hybridized carbons (Fsp3) is 0.308. The molecule has 0 saturated heterocycles. The second-order valence-electron chi connectivity index (χ2n) is 4.12. The Morgan fingerprint density at radius 3 is 2.71 bits per heavy atom. The van der Waals surface area contributed by atoms with Gasteiger partial charge >= 0.3 is 11.9 Å². The van der Waals surface area contributed by atoms with Crippen LogP contribution in [0, 0.1) is 10.1 Å². The third kappa shape index (κ3) is 2.75. The maximum absolute atomic E-state index is 11.9. The highest BCUT2D eigenvalue weighted by Crippen LogP contribution is 2.40. The number of rotatable bonds is 5. The minimum atomic E-state index is -0.613. The summed E-state index contributed by atoms with van der Waals surface area (Å²) in [5.74, 6) is -0.524. The van der Waals surface area contributed by atoms with Crippen LogP contribution in [-0.2, 0) is 11.2 Å². The van der Waals surface area contributed by atoms with Gasteiger partial charge in [0.2, 0.25) is 0 Å². The summed E-state index contributed by atoms with van der Waals surface area (Å²) in [6, 6.07) is 2.77. The molecule has 0 unspecified atom stereocenters. The summed E-state index contributed by atoms with van der Waals surface area (Å²) in [5.41, 5.74) is 7.06. The predicted molar refractivity (Wildman–Crippen MR) is 78.4 cm³/mol. The molecule has 0 spiro atoms. The standard InChI is InChI=1S/C13H14N2O5S/c1-3-7-10(14)12(13(16)19-4-2)21-11(7)8-5-6-9(20-8)15(17)18/h5-6H,3-4,14H2,1-2H3. The molecule has 0 aromatic carbocycles. The number of nitrogens with two attached hydrogens (primary N) is 1. The van der Waals surface area contributed by atoms with Crippen LogP contribution in [0.3, 0.4) is 0 Å². The molecule has 21 heavy (non-hydrogen) atoms. The van der Waals surface area contributed by atoms with Gasteiger partial charge in [0.25, 0.3) is 0 Å². The first-order chi connectivity index (χ1) is 9.99. The van der Waals surface area contributed by atoms with Gasteiger partial charge in [-0.25, -0.2) is 4.79 Å².